The normalized spacial score (nSPS) is 26.5. The van der Waals surface area contributed by atoms with E-state index in [0.717, 1.165) is 23.7 Å². The molecule has 64 heavy (non-hydrogen) atoms. The van der Waals surface area contributed by atoms with Crippen molar-refractivity contribution in [2.45, 2.75) is 37.0 Å². The molecule has 0 N–H and O–H groups in total. The molecule has 5 unspecified atom stereocenters. The van der Waals surface area contributed by atoms with Gasteiger partial charge in [0.1, 0.15) is 0 Å². The summed E-state index contributed by atoms with van der Waals surface area (Å²) in [5.74, 6) is 3.45. The van der Waals surface area contributed by atoms with Gasteiger partial charge in [-0.15, -0.1) is 0 Å². The molecule has 9 aromatic rings. The Kier molecular flexibility index (Phi) is 6.87. The number of fused-ring (bicyclic) bond motifs is 11. The van der Waals surface area contributed by atoms with E-state index < -0.39 is 0 Å². The Labute approximate surface area is 375 Å². The lowest BCUT2D eigenvalue weighted by atomic mass is 9.11. The molecule has 0 heterocycles. The summed E-state index contributed by atoms with van der Waals surface area (Å²) < 4.78 is 0. The summed E-state index contributed by atoms with van der Waals surface area (Å²) in [5.41, 5.74) is 21.8. The van der Waals surface area contributed by atoms with Crippen molar-refractivity contribution >= 4 is 27.8 Å². The molecule has 5 atom stereocenters. The summed E-state index contributed by atoms with van der Waals surface area (Å²) in [6, 6.07) is 78.5. The Hall–Kier alpha value is -6.96. The van der Waals surface area contributed by atoms with Crippen molar-refractivity contribution in [2.24, 2.45) is 29.1 Å². The molecule has 0 radical (unpaired) electrons. The third-order valence-electron chi connectivity index (χ3n) is 18.0. The minimum atomic E-state index is -0.317. The molecule has 0 saturated heterocycles. The average Bonchev–Trinajstić information content (AvgIpc) is 3.77. The van der Waals surface area contributed by atoms with E-state index in [1.54, 1.807) is 11.1 Å². The van der Waals surface area contributed by atoms with Gasteiger partial charge in [-0.2, -0.15) is 0 Å². The Bertz CT molecular complexity index is 3410. The molecule has 1 nitrogen and oxygen atoms in total. The van der Waals surface area contributed by atoms with Crippen LogP contribution in [0, 0.1) is 29.1 Å². The fourth-order valence-corrected chi connectivity index (χ4v) is 15.5. The molecule has 6 aliphatic carbocycles. The fraction of sp³-hybridized carbons (Fsp3) is 0.175. The second-order valence-corrected chi connectivity index (χ2v) is 20.0. The molecule has 9 aromatic carbocycles. The van der Waals surface area contributed by atoms with E-state index in [2.05, 4.69) is 218 Å². The Morgan fingerprint density at radius 2 is 0.938 bits per heavy atom. The molecule has 2 spiro atoms. The van der Waals surface area contributed by atoms with Crippen LogP contribution in [-0.4, -0.2) is 0 Å². The van der Waals surface area contributed by atoms with Gasteiger partial charge in [0.25, 0.3) is 0 Å². The van der Waals surface area contributed by atoms with Crippen molar-refractivity contribution in [3.63, 3.8) is 0 Å². The minimum Gasteiger partial charge on any atom is -0.310 e. The first-order valence-electron chi connectivity index (χ1n) is 23.6. The highest BCUT2D eigenvalue weighted by Gasteiger charge is 2.90. The van der Waals surface area contributed by atoms with Crippen LogP contribution in [0.4, 0.5) is 17.1 Å². The molecule has 0 aromatic heterocycles. The van der Waals surface area contributed by atoms with Gasteiger partial charge in [0.2, 0.25) is 0 Å². The van der Waals surface area contributed by atoms with Gasteiger partial charge >= 0.3 is 0 Å². The third-order valence-corrected chi connectivity index (χ3v) is 18.0. The number of rotatable bonds is 6. The zero-order valence-electron chi connectivity index (χ0n) is 36.0. The summed E-state index contributed by atoms with van der Waals surface area (Å²) in [4.78, 5) is 2.62. The fourth-order valence-electron chi connectivity index (χ4n) is 15.5. The van der Waals surface area contributed by atoms with Gasteiger partial charge in [-0.3, -0.25) is 0 Å². The van der Waals surface area contributed by atoms with Crippen LogP contribution in [0.2, 0.25) is 0 Å². The van der Waals surface area contributed by atoms with E-state index in [1.807, 2.05) is 0 Å². The van der Waals surface area contributed by atoms with Crippen LogP contribution >= 0.6 is 0 Å². The first kappa shape index (κ1) is 35.5. The van der Waals surface area contributed by atoms with Gasteiger partial charge in [-0.25, -0.2) is 0 Å². The van der Waals surface area contributed by atoms with Gasteiger partial charge in [0.05, 0.1) is 5.69 Å². The van der Waals surface area contributed by atoms with Crippen molar-refractivity contribution in [1.29, 1.82) is 0 Å². The van der Waals surface area contributed by atoms with E-state index in [-0.39, 0.29) is 10.8 Å². The van der Waals surface area contributed by atoms with E-state index >= 15 is 0 Å². The Balaban J connectivity index is 0.985. The predicted molar refractivity (Wildman–Crippen MR) is 263 cm³/mol. The number of benzene rings is 9. The maximum Gasteiger partial charge on any atom is 0.0540 e. The van der Waals surface area contributed by atoms with E-state index in [0.29, 0.717) is 5.41 Å². The smallest absolute Gasteiger partial charge is 0.0540 e. The first-order chi connectivity index (χ1) is 31.6. The molecule has 6 aliphatic rings. The van der Waals surface area contributed by atoms with Crippen molar-refractivity contribution < 1.29 is 0 Å². The number of nitrogens with zero attached hydrogens (tertiary/aromatic N) is 1. The number of hydrogen-bond acceptors (Lipinski definition) is 1. The van der Waals surface area contributed by atoms with Gasteiger partial charge in [0.15, 0.2) is 0 Å². The number of hydrogen-bond donors (Lipinski definition) is 0. The van der Waals surface area contributed by atoms with Crippen molar-refractivity contribution in [1.82, 2.24) is 0 Å². The molecule has 0 amide bonds. The highest BCUT2D eigenvalue weighted by atomic mass is 15.1. The summed E-state index contributed by atoms with van der Waals surface area (Å²) in [6.07, 6.45) is 4.27. The van der Waals surface area contributed by atoms with Crippen molar-refractivity contribution in [3.8, 4) is 44.5 Å². The highest BCUT2D eigenvalue weighted by molar-refractivity contribution is 6.09. The van der Waals surface area contributed by atoms with Crippen LogP contribution in [0.25, 0.3) is 55.3 Å². The first-order valence-corrected chi connectivity index (χ1v) is 23.6. The second kappa shape index (κ2) is 12.4. The average molecular weight is 818 g/mol. The molecule has 4 fully saturated rings. The van der Waals surface area contributed by atoms with Gasteiger partial charge in [-0.05, 0) is 163 Å². The maximum absolute atomic E-state index is 2.66. The number of anilines is 3. The minimum absolute atomic E-state index is 0.117. The SMILES string of the molecule is CC1(c2ccccc2)c2ccccc2-c2ccc(N(c3ccc4c(c3)C3(c5ccccc5-4)C4CC5CC6CC3C564)c3ccccc3-c3cccc4cccc(-c5ccccc5)c34)cc21. The topological polar surface area (TPSA) is 3.24 Å². The summed E-state index contributed by atoms with van der Waals surface area (Å²) >= 11 is 0. The van der Waals surface area contributed by atoms with E-state index in [4.69, 9.17) is 0 Å². The standard InChI is InChI=1S/C63H47N/c1-61(41-20-6-3-7-21-41)53-27-11-8-22-47(53)49-32-30-44(37-55(49)61)64(57-29-13-10-24-51(57)52-26-15-19-40-18-14-25-46(60(40)52)39-16-4-2-5-17-39)45-31-33-50-48-23-9-12-28-54(48)63(56(50)38-45)58-35-42-34-43-36-59(63)62(42,43)58/h2-33,37-38,42-43,58-59H,34-36H2,1H3. The lowest BCUT2D eigenvalue weighted by Crippen LogP contribution is -2.88. The summed E-state index contributed by atoms with van der Waals surface area (Å²) in [7, 11) is 0. The molecule has 0 bridgehead atoms. The zero-order chi connectivity index (χ0) is 41.9. The Morgan fingerprint density at radius 3 is 1.64 bits per heavy atom. The maximum atomic E-state index is 2.66. The van der Waals surface area contributed by atoms with Crippen LogP contribution in [0.3, 0.4) is 0 Å². The zero-order valence-corrected chi connectivity index (χ0v) is 36.0. The largest absolute Gasteiger partial charge is 0.310 e. The molecule has 0 aliphatic heterocycles. The lowest BCUT2D eigenvalue weighted by molar-refractivity contribution is -0.412. The van der Waals surface area contributed by atoms with Crippen LogP contribution < -0.4 is 4.90 Å². The molecule has 304 valence electrons. The second-order valence-electron chi connectivity index (χ2n) is 20.0. The van der Waals surface area contributed by atoms with Gasteiger partial charge in [0, 0.05) is 27.8 Å². The summed E-state index contributed by atoms with van der Waals surface area (Å²) in [6.45, 7) is 2.44. The van der Waals surface area contributed by atoms with Gasteiger partial charge in [-0.1, -0.05) is 176 Å². The molecule has 1 heteroatoms. The Morgan fingerprint density at radius 1 is 0.406 bits per heavy atom. The van der Waals surface area contributed by atoms with Crippen LogP contribution in [0.15, 0.2) is 206 Å². The van der Waals surface area contributed by atoms with Crippen molar-refractivity contribution in [3.05, 3.63) is 234 Å². The lowest BCUT2D eigenvalue weighted by Gasteiger charge is -2.92. The summed E-state index contributed by atoms with van der Waals surface area (Å²) in [5, 5.41) is 2.53. The molecular formula is C63H47N. The molecular weight excluding hydrogens is 771 g/mol. The van der Waals surface area contributed by atoms with Crippen LogP contribution in [-0.2, 0) is 10.8 Å². The monoisotopic (exact) mass is 817 g/mol. The quantitative estimate of drug-likeness (QED) is 0.162. The number of para-hydroxylation sites is 1. The molecule has 15 rings (SSSR count). The van der Waals surface area contributed by atoms with E-state index in [1.165, 1.54) is 108 Å². The van der Waals surface area contributed by atoms with Crippen LogP contribution in [0.5, 0.6) is 0 Å². The molecule has 4 saturated carbocycles. The highest BCUT2D eigenvalue weighted by Crippen LogP contribution is 2.94. The van der Waals surface area contributed by atoms with Crippen LogP contribution in [0.1, 0.15) is 54.0 Å². The predicted octanol–water partition coefficient (Wildman–Crippen LogP) is 15.9. The van der Waals surface area contributed by atoms with Gasteiger partial charge < -0.3 is 4.90 Å². The van der Waals surface area contributed by atoms with Crippen molar-refractivity contribution in [2.75, 3.05) is 4.90 Å². The third kappa shape index (κ3) is 4.10. The van der Waals surface area contributed by atoms with E-state index in [9.17, 15) is 0 Å².